The van der Waals surface area contributed by atoms with E-state index in [1.54, 1.807) is 44.2 Å². The SMILES string of the molecule is CCOC(=O)C(=O)NCC(=O)c1ccccc1.CCOC(=O)c1ncc(-c2ccccc2)o1. The third-order valence-electron chi connectivity index (χ3n) is 3.98. The largest absolute Gasteiger partial charge is 0.459 e. The smallest absolute Gasteiger partial charge is 0.396 e. The Morgan fingerprint density at radius 2 is 1.48 bits per heavy atom. The molecule has 0 spiro atoms. The molecule has 0 saturated heterocycles. The number of benzene rings is 2. The highest BCUT2D eigenvalue weighted by atomic mass is 16.5. The van der Waals surface area contributed by atoms with E-state index in [2.05, 4.69) is 15.0 Å². The Labute approximate surface area is 190 Å². The second-order valence-electron chi connectivity index (χ2n) is 6.31. The van der Waals surface area contributed by atoms with Crippen molar-refractivity contribution in [2.45, 2.75) is 13.8 Å². The summed E-state index contributed by atoms with van der Waals surface area (Å²) in [5.41, 5.74) is 1.36. The molecule has 9 heteroatoms. The molecule has 3 aromatic rings. The van der Waals surface area contributed by atoms with E-state index in [0.717, 1.165) is 5.56 Å². The van der Waals surface area contributed by atoms with Crippen LogP contribution in [0, 0.1) is 0 Å². The van der Waals surface area contributed by atoms with Crippen molar-refractivity contribution in [2.75, 3.05) is 19.8 Å². The Morgan fingerprint density at radius 1 is 0.879 bits per heavy atom. The maximum Gasteiger partial charge on any atom is 0.396 e. The first-order chi connectivity index (χ1) is 16.0. The summed E-state index contributed by atoms with van der Waals surface area (Å²) in [5.74, 6) is -2.14. The van der Waals surface area contributed by atoms with E-state index >= 15 is 0 Å². The lowest BCUT2D eigenvalue weighted by Crippen LogP contribution is -2.36. The van der Waals surface area contributed by atoms with Crippen molar-refractivity contribution in [1.82, 2.24) is 10.3 Å². The molecular weight excluding hydrogens is 428 g/mol. The minimum atomic E-state index is -0.978. The van der Waals surface area contributed by atoms with Crippen LogP contribution < -0.4 is 5.32 Å². The van der Waals surface area contributed by atoms with Gasteiger partial charge in [-0.3, -0.25) is 9.59 Å². The third kappa shape index (κ3) is 8.06. The molecule has 33 heavy (non-hydrogen) atoms. The monoisotopic (exact) mass is 452 g/mol. The second-order valence-corrected chi connectivity index (χ2v) is 6.31. The van der Waals surface area contributed by atoms with Crippen LogP contribution in [0.1, 0.15) is 34.9 Å². The lowest BCUT2D eigenvalue weighted by atomic mass is 10.1. The average Bonchev–Trinajstić information content (AvgIpc) is 3.35. The van der Waals surface area contributed by atoms with Gasteiger partial charge in [0.1, 0.15) is 0 Å². The van der Waals surface area contributed by atoms with Gasteiger partial charge in [0.2, 0.25) is 0 Å². The van der Waals surface area contributed by atoms with E-state index in [9.17, 15) is 19.2 Å². The zero-order chi connectivity index (χ0) is 24.1. The van der Waals surface area contributed by atoms with Crippen molar-refractivity contribution in [3.05, 3.63) is 78.3 Å². The molecule has 0 unspecified atom stereocenters. The number of ketones is 1. The van der Waals surface area contributed by atoms with Crippen LogP contribution in [-0.4, -0.2) is 48.4 Å². The van der Waals surface area contributed by atoms with Gasteiger partial charge in [-0.25, -0.2) is 14.6 Å². The van der Waals surface area contributed by atoms with Crippen LogP contribution >= 0.6 is 0 Å². The molecule has 0 radical (unpaired) electrons. The van der Waals surface area contributed by atoms with E-state index in [1.165, 1.54) is 6.20 Å². The quantitative estimate of drug-likeness (QED) is 0.329. The number of amides is 1. The number of carbonyl (C=O) groups excluding carboxylic acids is 4. The first kappa shape index (κ1) is 25.0. The van der Waals surface area contributed by atoms with Crippen LogP contribution in [-0.2, 0) is 19.1 Å². The molecule has 0 aliphatic heterocycles. The molecule has 3 rings (SSSR count). The third-order valence-corrected chi connectivity index (χ3v) is 3.98. The summed E-state index contributed by atoms with van der Waals surface area (Å²) in [6.45, 7) is 3.54. The maximum atomic E-state index is 11.6. The molecule has 172 valence electrons. The zero-order valence-electron chi connectivity index (χ0n) is 18.3. The summed E-state index contributed by atoms with van der Waals surface area (Å²) in [5, 5.41) is 2.20. The summed E-state index contributed by atoms with van der Waals surface area (Å²) in [7, 11) is 0. The van der Waals surface area contributed by atoms with Crippen LogP contribution in [0.5, 0.6) is 0 Å². The highest BCUT2D eigenvalue weighted by Crippen LogP contribution is 2.19. The number of aromatic nitrogens is 1. The van der Waals surface area contributed by atoms with Gasteiger partial charge in [0, 0.05) is 11.1 Å². The first-order valence-electron chi connectivity index (χ1n) is 10.2. The van der Waals surface area contributed by atoms with Crippen molar-refractivity contribution < 1.29 is 33.1 Å². The molecule has 0 fully saturated rings. The Morgan fingerprint density at radius 3 is 2.09 bits per heavy atom. The molecule has 0 saturated carbocycles. The van der Waals surface area contributed by atoms with Crippen molar-refractivity contribution in [1.29, 1.82) is 0 Å². The number of Topliss-reactive ketones (excluding diaryl/α,β-unsaturated/α-hetero) is 1. The van der Waals surface area contributed by atoms with Gasteiger partial charge in [-0.05, 0) is 13.8 Å². The van der Waals surface area contributed by atoms with Crippen LogP contribution in [0.2, 0.25) is 0 Å². The van der Waals surface area contributed by atoms with Crippen molar-refractivity contribution in [3.63, 3.8) is 0 Å². The summed E-state index contributed by atoms with van der Waals surface area (Å²) in [6, 6.07) is 18.0. The fourth-order valence-electron chi connectivity index (χ4n) is 2.45. The average molecular weight is 452 g/mol. The van der Waals surface area contributed by atoms with Crippen LogP contribution in [0.3, 0.4) is 0 Å². The number of ether oxygens (including phenoxy) is 2. The van der Waals surface area contributed by atoms with Crippen LogP contribution in [0.4, 0.5) is 0 Å². The highest BCUT2D eigenvalue weighted by molar-refractivity contribution is 6.32. The van der Waals surface area contributed by atoms with Gasteiger partial charge < -0.3 is 19.2 Å². The molecule has 1 N–H and O–H groups in total. The normalized spacial score (nSPS) is 9.76. The van der Waals surface area contributed by atoms with Gasteiger partial charge in [0.05, 0.1) is 26.0 Å². The minimum Gasteiger partial charge on any atom is -0.459 e. The molecule has 1 aromatic heterocycles. The number of esters is 2. The Balaban J connectivity index is 0.000000234. The maximum absolute atomic E-state index is 11.6. The summed E-state index contributed by atoms with van der Waals surface area (Å²) in [6.07, 6.45) is 1.52. The highest BCUT2D eigenvalue weighted by Gasteiger charge is 2.16. The minimum absolute atomic E-state index is 0.0132. The molecule has 1 amide bonds. The van der Waals surface area contributed by atoms with Gasteiger partial charge in [0.15, 0.2) is 11.5 Å². The number of nitrogens with one attached hydrogen (secondary N) is 1. The number of hydrogen-bond donors (Lipinski definition) is 1. The van der Waals surface area contributed by atoms with Gasteiger partial charge in [-0.15, -0.1) is 0 Å². The predicted molar refractivity (Wildman–Crippen MR) is 118 cm³/mol. The topological polar surface area (TPSA) is 125 Å². The van der Waals surface area contributed by atoms with Gasteiger partial charge in [-0.2, -0.15) is 0 Å². The van der Waals surface area contributed by atoms with Gasteiger partial charge >= 0.3 is 23.7 Å². The molecule has 0 aliphatic carbocycles. The van der Waals surface area contributed by atoms with E-state index < -0.39 is 17.8 Å². The number of nitrogens with zero attached hydrogens (tertiary/aromatic N) is 1. The van der Waals surface area contributed by atoms with E-state index in [0.29, 0.717) is 17.9 Å². The molecule has 0 atom stereocenters. The molecule has 2 aromatic carbocycles. The molecular formula is C24H24N2O7. The van der Waals surface area contributed by atoms with E-state index in [-0.39, 0.29) is 24.8 Å². The summed E-state index contributed by atoms with van der Waals surface area (Å²) in [4.78, 5) is 48.8. The van der Waals surface area contributed by atoms with E-state index in [1.807, 2.05) is 30.3 Å². The van der Waals surface area contributed by atoms with Crippen LogP contribution in [0.25, 0.3) is 11.3 Å². The fourth-order valence-corrected chi connectivity index (χ4v) is 2.45. The second kappa shape index (κ2) is 13.2. The summed E-state index contributed by atoms with van der Waals surface area (Å²) < 4.78 is 14.6. The predicted octanol–water partition coefficient (Wildman–Crippen LogP) is 3.07. The Bertz CT molecular complexity index is 1060. The number of carbonyl (C=O) groups is 4. The number of hydrogen-bond acceptors (Lipinski definition) is 8. The van der Waals surface area contributed by atoms with Crippen LogP contribution in [0.15, 0.2) is 71.3 Å². The first-order valence-corrected chi connectivity index (χ1v) is 10.2. The number of rotatable bonds is 7. The van der Waals surface area contributed by atoms with Crippen molar-refractivity contribution >= 4 is 23.6 Å². The Kier molecular flexibility index (Phi) is 10.0. The molecule has 1 heterocycles. The van der Waals surface area contributed by atoms with Crippen molar-refractivity contribution in [2.24, 2.45) is 0 Å². The van der Waals surface area contributed by atoms with Gasteiger partial charge in [0.25, 0.3) is 0 Å². The Hall–Kier alpha value is -4.27. The standard InChI is InChI=1S/C12H13NO4.C12H11NO3/c1-2-17-12(16)11(15)13-8-10(14)9-6-4-3-5-7-9;1-2-15-12(14)11-13-8-10(16-11)9-6-4-3-5-7-9/h3-7H,2,8H2,1H3,(H,13,15);3-8H,2H2,1H3. The summed E-state index contributed by atoms with van der Waals surface area (Å²) >= 11 is 0. The lowest BCUT2D eigenvalue weighted by Gasteiger charge is -2.03. The van der Waals surface area contributed by atoms with E-state index in [4.69, 9.17) is 9.15 Å². The molecule has 0 bridgehead atoms. The zero-order valence-corrected chi connectivity index (χ0v) is 18.3. The molecule has 9 nitrogen and oxygen atoms in total. The fraction of sp³-hybridized carbons (Fsp3) is 0.208. The number of oxazole rings is 1. The molecule has 0 aliphatic rings. The lowest BCUT2D eigenvalue weighted by molar-refractivity contribution is -0.154. The van der Waals surface area contributed by atoms with Gasteiger partial charge in [-0.1, -0.05) is 60.7 Å². The van der Waals surface area contributed by atoms with Crippen molar-refractivity contribution in [3.8, 4) is 11.3 Å².